The molecule has 0 amide bonds. The Morgan fingerprint density at radius 1 is 1.04 bits per heavy atom. The van der Waals surface area contributed by atoms with Crippen molar-refractivity contribution in [1.29, 1.82) is 5.26 Å². The van der Waals surface area contributed by atoms with Crippen LogP contribution < -0.4 is 16.6 Å². The summed E-state index contributed by atoms with van der Waals surface area (Å²) >= 11 is 0. The zero-order chi connectivity index (χ0) is 18.8. The molecule has 4 rings (SSSR count). The highest BCUT2D eigenvalue weighted by atomic mass is 16.5. The number of hydrogen-bond acceptors (Lipinski definition) is 5. The summed E-state index contributed by atoms with van der Waals surface area (Å²) in [6.45, 7) is 2.16. The van der Waals surface area contributed by atoms with Crippen LogP contribution >= 0.6 is 0 Å². The van der Waals surface area contributed by atoms with E-state index in [2.05, 4.69) is 60.2 Å². The van der Waals surface area contributed by atoms with Crippen molar-refractivity contribution in [3.05, 3.63) is 71.6 Å². The van der Waals surface area contributed by atoms with E-state index in [-0.39, 0.29) is 30.0 Å². The van der Waals surface area contributed by atoms with E-state index in [0.29, 0.717) is 5.57 Å². The molecule has 138 valence electrons. The van der Waals surface area contributed by atoms with Crippen molar-refractivity contribution < 1.29 is 4.74 Å². The predicted molar refractivity (Wildman–Crippen MR) is 105 cm³/mol. The zero-order valence-electron chi connectivity index (χ0n) is 15.4. The SMILES string of the molecule is CCCC1NNC2OC(N)=C(C#N)C(c3ccc(-c4ccccc4)cc3)C12. The summed E-state index contributed by atoms with van der Waals surface area (Å²) < 4.78 is 5.80. The highest BCUT2D eigenvalue weighted by Crippen LogP contribution is 2.43. The van der Waals surface area contributed by atoms with Crippen molar-refractivity contribution in [2.24, 2.45) is 11.7 Å². The van der Waals surface area contributed by atoms with Gasteiger partial charge < -0.3 is 10.5 Å². The van der Waals surface area contributed by atoms with Gasteiger partial charge in [-0.25, -0.2) is 5.43 Å². The molecule has 4 N–H and O–H groups in total. The van der Waals surface area contributed by atoms with Crippen LogP contribution in [0.15, 0.2) is 66.1 Å². The van der Waals surface area contributed by atoms with E-state index in [1.165, 1.54) is 5.56 Å². The Bertz CT molecular complexity index is 869. The summed E-state index contributed by atoms with van der Waals surface area (Å²) in [6.07, 6.45) is 1.84. The molecule has 5 nitrogen and oxygen atoms in total. The third-order valence-electron chi connectivity index (χ3n) is 5.54. The maximum atomic E-state index is 9.75. The van der Waals surface area contributed by atoms with E-state index < -0.39 is 0 Å². The number of nitrogens with zero attached hydrogens (tertiary/aromatic N) is 1. The smallest absolute Gasteiger partial charge is 0.200 e. The molecule has 0 spiro atoms. The summed E-state index contributed by atoms with van der Waals surface area (Å²) in [4.78, 5) is 0. The predicted octanol–water partition coefficient (Wildman–Crippen LogP) is 3.38. The topological polar surface area (TPSA) is 83.1 Å². The lowest BCUT2D eigenvalue weighted by atomic mass is 9.74. The first-order valence-electron chi connectivity index (χ1n) is 9.45. The van der Waals surface area contributed by atoms with Gasteiger partial charge in [-0.15, -0.1) is 0 Å². The van der Waals surface area contributed by atoms with E-state index in [1.807, 2.05) is 18.2 Å². The maximum Gasteiger partial charge on any atom is 0.200 e. The fourth-order valence-corrected chi connectivity index (χ4v) is 4.26. The second-order valence-electron chi connectivity index (χ2n) is 7.16. The van der Waals surface area contributed by atoms with Crippen LogP contribution in [0.1, 0.15) is 31.2 Å². The van der Waals surface area contributed by atoms with Gasteiger partial charge in [0.25, 0.3) is 0 Å². The number of nitriles is 1. The van der Waals surface area contributed by atoms with E-state index in [9.17, 15) is 5.26 Å². The van der Waals surface area contributed by atoms with Gasteiger partial charge in [-0.2, -0.15) is 5.26 Å². The van der Waals surface area contributed by atoms with Crippen LogP contribution in [-0.2, 0) is 4.74 Å². The quantitative estimate of drug-likeness (QED) is 0.778. The molecule has 27 heavy (non-hydrogen) atoms. The Morgan fingerprint density at radius 3 is 2.41 bits per heavy atom. The van der Waals surface area contributed by atoms with Crippen LogP contribution in [0.25, 0.3) is 11.1 Å². The van der Waals surface area contributed by atoms with Crippen molar-refractivity contribution >= 4 is 0 Å². The van der Waals surface area contributed by atoms with E-state index in [1.54, 1.807) is 0 Å². The van der Waals surface area contributed by atoms with Gasteiger partial charge in [-0.1, -0.05) is 67.9 Å². The van der Waals surface area contributed by atoms with Crippen LogP contribution in [0, 0.1) is 17.2 Å². The third kappa shape index (κ3) is 3.18. The molecule has 2 aromatic carbocycles. The minimum atomic E-state index is -0.225. The van der Waals surface area contributed by atoms with Crippen LogP contribution in [0.5, 0.6) is 0 Å². The molecule has 4 unspecified atom stereocenters. The Labute approximate surface area is 159 Å². The van der Waals surface area contributed by atoms with Crippen molar-refractivity contribution in [3.8, 4) is 17.2 Å². The third-order valence-corrected chi connectivity index (χ3v) is 5.54. The van der Waals surface area contributed by atoms with Gasteiger partial charge in [0.05, 0.1) is 5.57 Å². The summed E-state index contributed by atoms with van der Waals surface area (Å²) in [6, 6.07) is 21.3. The summed E-state index contributed by atoms with van der Waals surface area (Å²) in [7, 11) is 0. The van der Waals surface area contributed by atoms with Crippen molar-refractivity contribution in [2.45, 2.75) is 38.0 Å². The lowest BCUT2D eigenvalue weighted by Crippen LogP contribution is -2.41. The zero-order valence-corrected chi connectivity index (χ0v) is 15.4. The van der Waals surface area contributed by atoms with Gasteiger partial charge in [0.1, 0.15) is 6.07 Å². The highest BCUT2D eigenvalue weighted by Gasteiger charge is 2.48. The van der Waals surface area contributed by atoms with Crippen molar-refractivity contribution in [1.82, 2.24) is 10.9 Å². The van der Waals surface area contributed by atoms with Gasteiger partial charge in [-0.05, 0) is 23.1 Å². The normalized spacial score (nSPS) is 27.0. The molecule has 5 heteroatoms. The molecule has 0 saturated carbocycles. The maximum absolute atomic E-state index is 9.75. The van der Waals surface area contributed by atoms with E-state index in [4.69, 9.17) is 10.5 Å². The van der Waals surface area contributed by atoms with Crippen molar-refractivity contribution in [2.75, 3.05) is 0 Å². The second kappa shape index (κ2) is 7.43. The molecule has 0 radical (unpaired) electrons. The van der Waals surface area contributed by atoms with Crippen LogP contribution in [0.2, 0.25) is 0 Å². The summed E-state index contributed by atoms with van der Waals surface area (Å²) in [5.41, 5.74) is 16.6. The average molecular weight is 360 g/mol. The second-order valence-corrected chi connectivity index (χ2v) is 7.16. The van der Waals surface area contributed by atoms with Crippen molar-refractivity contribution in [3.63, 3.8) is 0 Å². The van der Waals surface area contributed by atoms with Gasteiger partial charge in [0.15, 0.2) is 6.23 Å². The molecule has 2 aromatic rings. The Morgan fingerprint density at radius 2 is 1.74 bits per heavy atom. The number of rotatable bonds is 4. The molecule has 1 saturated heterocycles. The number of fused-ring (bicyclic) bond motifs is 1. The molecule has 0 aliphatic carbocycles. The first kappa shape index (κ1) is 17.6. The van der Waals surface area contributed by atoms with Gasteiger partial charge >= 0.3 is 0 Å². The number of benzene rings is 2. The fourth-order valence-electron chi connectivity index (χ4n) is 4.26. The number of hydrogen-bond donors (Lipinski definition) is 3. The largest absolute Gasteiger partial charge is 0.458 e. The van der Waals surface area contributed by atoms with Crippen LogP contribution in [0.3, 0.4) is 0 Å². The van der Waals surface area contributed by atoms with Gasteiger partial charge in [0.2, 0.25) is 5.88 Å². The van der Waals surface area contributed by atoms with Gasteiger partial charge in [-0.3, -0.25) is 5.43 Å². The lowest BCUT2D eigenvalue weighted by Gasteiger charge is -2.35. The summed E-state index contributed by atoms with van der Waals surface area (Å²) in [5.74, 6) is 0.259. The molecule has 0 bridgehead atoms. The first-order chi connectivity index (χ1) is 13.2. The first-order valence-corrected chi connectivity index (χ1v) is 9.45. The number of nitrogens with one attached hydrogen (secondary N) is 2. The molecule has 2 aliphatic heterocycles. The van der Waals surface area contributed by atoms with E-state index in [0.717, 1.165) is 24.0 Å². The minimum absolute atomic E-state index is 0.0855. The minimum Gasteiger partial charge on any atom is -0.458 e. The number of nitrogens with two attached hydrogens (primary N) is 1. The monoisotopic (exact) mass is 360 g/mol. The average Bonchev–Trinajstić information content (AvgIpc) is 3.10. The molecular formula is C22H24N4O. The highest BCUT2D eigenvalue weighted by molar-refractivity contribution is 5.64. The molecule has 4 atom stereocenters. The van der Waals surface area contributed by atoms with Crippen LogP contribution in [0.4, 0.5) is 0 Å². The molecule has 2 heterocycles. The lowest BCUT2D eigenvalue weighted by molar-refractivity contribution is 0.0337. The van der Waals surface area contributed by atoms with Gasteiger partial charge in [0, 0.05) is 17.9 Å². The van der Waals surface area contributed by atoms with Crippen LogP contribution in [-0.4, -0.2) is 12.3 Å². The standard InChI is InChI=1S/C22H24N4O/c1-2-6-18-20-19(17(13-23)21(24)27-22(20)26-25-18)16-11-9-15(10-12-16)14-7-4-3-5-8-14/h3-5,7-12,18-20,22,25-26H,2,6,24H2,1H3. The molecular weight excluding hydrogens is 336 g/mol. The number of hydrazine groups is 1. The number of allylic oxidation sites excluding steroid dienone is 1. The molecule has 0 aromatic heterocycles. The molecule has 2 aliphatic rings. The van der Waals surface area contributed by atoms with E-state index >= 15 is 0 Å². The Kier molecular flexibility index (Phi) is 4.85. The Hall–Kier alpha value is -2.81. The fraction of sp³-hybridized carbons (Fsp3) is 0.318. The molecule has 1 fully saturated rings. The number of ether oxygens (including phenoxy) is 1. The Balaban J connectivity index is 1.72. The summed E-state index contributed by atoms with van der Waals surface area (Å²) in [5, 5.41) is 9.75.